The Morgan fingerprint density at radius 1 is 1.27 bits per heavy atom. The van der Waals surface area contributed by atoms with Gasteiger partial charge >= 0.3 is 0 Å². The van der Waals surface area contributed by atoms with Gasteiger partial charge in [-0.3, -0.25) is 4.79 Å². The first-order valence-corrected chi connectivity index (χ1v) is 9.28. The van der Waals surface area contributed by atoms with Crippen molar-refractivity contribution < 1.29 is 13.2 Å². The topological polar surface area (TPSA) is 75.3 Å². The van der Waals surface area contributed by atoms with E-state index in [1.807, 2.05) is 31.2 Å². The fourth-order valence-corrected chi connectivity index (χ4v) is 4.69. The van der Waals surface area contributed by atoms with E-state index in [0.29, 0.717) is 10.6 Å². The zero-order chi connectivity index (χ0) is 15.7. The minimum absolute atomic E-state index is 0.0292. The number of nitrogens with one attached hydrogen (secondary N) is 2. The molecule has 3 rings (SSSR count). The predicted octanol–water partition coefficient (Wildman–Crippen LogP) is 2.28. The third-order valence-corrected chi connectivity index (χ3v) is 6.63. The van der Waals surface area contributed by atoms with Crippen LogP contribution < -0.4 is 10.0 Å². The number of carbonyl (C=O) groups excluding carboxylic acids is 1. The van der Waals surface area contributed by atoms with Gasteiger partial charge in [0.25, 0.3) is 0 Å². The molecule has 0 fully saturated rings. The van der Waals surface area contributed by atoms with Gasteiger partial charge in [-0.2, -0.15) is 0 Å². The minimum Gasteiger partial charge on any atom is -0.326 e. The summed E-state index contributed by atoms with van der Waals surface area (Å²) in [4.78, 5) is 12.4. The molecular formula is C15H16N2O3S2. The number of hydrogen-bond acceptors (Lipinski definition) is 4. The molecule has 0 bridgehead atoms. The third-order valence-electron chi connectivity index (χ3n) is 3.51. The van der Waals surface area contributed by atoms with Crippen LogP contribution in [0, 0.1) is 0 Å². The number of fused-ring (bicyclic) bond motifs is 1. The summed E-state index contributed by atoms with van der Waals surface area (Å²) in [5.41, 5.74) is 2.56. The normalized spacial score (nSPS) is 14.0. The molecule has 1 amide bonds. The molecule has 0 saturated heterocycles. The number of thiophene rings is 1. The van der Waals surface area contributed by atoms with Crippen molar-refractivity contribution in [3.63, 3.8) is 0 Å². The lowest BCUT2D eigenvalue weighted by atomic mass is 10.1. The van der Waals surface area contributed by atoms with E-state index in [2.05, 4.69) is 10.0 Å². The number of rotatable bonds is 5. The van der Waals surface area contributed by atoms with Crippen molar-refractivity contribution >= 4 is 33.0 Å². The standard InChI is InChI=1S/C15H16N2O3S2/c1-2-12-4-6-15(21-12)22(19,20)16-9-10-3-5-13-11(7-10)8-14(18)17-13/h3-7,16H,2,8-9H2,1H3,(H,17,18). The minimum atomic E-state index is -3.49. The lowest BCUT2D eigenvalue weighted by molar-refractivity contribution is -0.115. The number of carbonyl (C=O) groups is 1. The average Bonchev–Trinajstić information content (AvgIpc) is 3.10. The molecule has 0 spiro atoms. The maximum absolute atomic E-state index is 12.3. The molecule has 1 aliphatic rings. The van der Waals surface area contributed by atoms with Crippen LogP contribution >= 0.6 is 11.3 Å². The molecule has 2 heterocycles. The van der Waals surface area contributed by atoms with Crippen molar-refractivity contribution in [1.29, 1.82) is 0 Å². The van der Waals surface area contributed by atoms with E-state index in [4.69, 9.17) is 0 Å². The van der Waals surface area contributed by atoms with Gasteiger partial charge in [0, 0.05) is 17.1 Å². The Bertz CT molecular complexity index is 825. The predicted molar refractivity (Wildman–Crippen MR) is 86.5 cm³/mol. The summed E-state index contributed by atoms with van der Waals surface area (Å²) in [6, 6.07) is 8.97. The molecule has 2 N–H and O–H groups in total. The lowest BCUT2D eigenvalue weighted by Gasteiger charge is -2.06. The Labute approximate surface area is 133 Å². The van der Waals surface area contributed by atoms with Gasteiger partial charge in [-0.05, 0) is 35.7 Å². The maximum Gasteiger partial charge on any atom is 0.250 e. The maximum atomic E-state index is 12.3. The number of aryl methyl sites for hydroxylation is 1. The van der Waals surface area contributed by atoms with E-state index < -0.39 is 10.0 Å². The van der Waals surface area contributed by atoms with Crippen molar-refractivity contribution in [2.45, 2.75) is 30.5 Å². The Balaban J connectivity index is 1.72. The van der Waals surface area contributed by atoms with Crippen molar-refractivity contribution in [2.24, 2.45) is 0 Å². The SMILES string of the molecule is CCc1ccc(S(=O)(=O)NCc2ccc3c(c2)CC(=O)N3)s1. The molecule has 1 aromatic heterocycles. The van der Waals surface area contributed by atoms with Crippen LogP contribution in [-0.4, -0.2) is 14.3 Å². The molecule has 22 heavy (non-hydrogen) atoms. The highest BCUT2D eigenvalue weighted by Gasteiger charge is 2.19. The van der Waals surface area contributed by atoms with Crippen LogP contribution in [0.5, 0.6) is 0 Å². The Hall–Kier alpha value is -1.70. The average molecular weight is 336 g/mol. The molecular weight excluding hydrogens is 320 g/mol. The molecule has 116 valence electrons. The molecule has 0 unspecified atom stereocenters. The molecule has 1 aromatic carbocycles. The van der Waals surface area contributed by atoms with Crippen LogP contribution in [0.4, 0.5) is 5.69 Å². The van der Waals surface area contributed by atoms with Crippen LogP contribution in [0.3, 0.4) is 0 Å². The fraction of sp³-hybridized carbons (Fsp3) is 0.267. The molecule has 0 saturated carbocycles. The van der Waals surface area contributed by atoms with E-state index in [1.54, 1.807) is 6.07 Å². The summed E-state index contributed by atoms with van der Waals surface area (Å²) in [6.45, 7) is 2.21. The van der Waals surface area contributed by atoms with Gasteiger partial charge in [-0.1, -0.05) is 19.1 Å². The van der Waals surface area contributed by atoms with Crippen LogP contribution in [0.1, 0.15) is 22.9 Å². The second-order valence-corrected chi connectivity index (χ2v) is 8.28. The second-order valence-electron chi connectivity index (χ2n) is 5.12. The first-order valence-electron chi connectivity index (χ1n) is 6.98. The summed E-state index contributed by atoms with van der Waals surface area (Å²) in [5, 5.41) is 2.76. The van der Waals surface area contributed by atoms with E-state index in [1.165, 1.54) is 11.3 Å². The Morgan fingerprint density at radius 3 is 2.82 bits per heavy atom. The highest BCUT2D eigenvalue weighted by molar-refractivity contribution is 7.91. The van der Waals surface area contributed by atoms with Gasteiger partial charge in [-0.25, -0.2) is 13.1 Å². The second kappa shape index (κ2) is 5.83. The zero-order valence-corrected chi connectivity index (χ0v) is 13.7. The summed E-state index contributed by atoms with van der Waals surface area (Å²) in [7, 11) is -3.49. The van der Waals surface area contributed by atoms with E-state index in [-0.39, 0.29) is 12.5 Å². The van der Waals surface area contributed by atoms with Crippen LogP contribution in [0.15, 0.2) is 34.5 Å². The highest BCUT2D eigenvalue weighted by atomic mass is 32.2. The van der Waals surface area contributed by atoms with Gasteiger partial charge in [0.15, 0.2) is 0 Å². The molecule has 7 heteroatoms. The van der Waals surface area contributed by atoms with Crippen molar-refractivity contribution in [3.05, 3.63) is 46.3 Å². The summed E-state index contributed by atoms with van der Waals surface area (Å²) >= 11 is 1.29. The molecule has 2 aromatic rings. The summed E-state index contributed by atoms with van der Waals surface area (Å²) in [6.07, 6.45) is 1.17. The fourth-order valence-electron chi connectivity index (χ4n) is 2.33. The Kier molecular flexibility index (Phi) is 4.03. The monoisotopic (exact) mass is 336 g/mol. The molecule has 0 radical (unpaired) electrons. The van der Waals surface area contributed by atoms with Gasteiger partial charge < -0.3 is 5.32 Å². The third kappa shape index (κ3) is 3.06. The van der Waals surface area contributed by atoms with Gasteiger partial charge in [0.2, 0.25) is 15.9 Å². The van der Waals surface area contributed by atoms with Crippen molar-refractivity contribution in [3.8, 4) is 0 Å². The first kappa shape index (κ1) is 15.2. The van der Waals surface area contributed by atoms with Gasteiger partial charge in [-0.15, -0.1) is 11.3 Å². The summed E-state index contributed by atoms with van der Waals surface area (Å²) in [5.74, 6) is -0.0292. The zero-order valence-electron chi connectivity index (χ0n) is 12.0. The number of anilines is 1. The van der Waals surface area contributed by atoms with E-state index >= 15 is 0 Å². The quantitative estimate of drug-likeness (QED) is 0.879. The first-order chi connectivity index (χ1) is 10.5. The number of amides is 1. The van der Waals surface area contributed by atoms with Crippen LogP contribution in [0.2, 0.25) is 0 Å². The van der Waals surface area contributed by atoms with Crippen LogP contribution in [0.25, 0.3) is 0 Å². The molecule has 1 aliphatic heterocycles. The molecule has 0 atom stereocenters. The Morgan fingerprint density at radius 2 is 2.09 bits per heavy atom. The van der Waals surface area contributed by atoms with Gasteiger partial charge in [0.05, 0.1) is 6.42 Å². The van der Waals surface area contributed by atoms with E-state index in [0.717, 1.165) is 28.1 Å². The smallest absolute Gasteiger partial charge is 0.250 e. The highest BCUT2D eigenvalue weighted by Crippen LogP contribution is 2.25. The van der Waals surface area contributed by atoms with Crippen molar-refractivity contribution in [2.75, 3.05) is 5.32 Å². The summed E-state index contributed by atoms with van der Waals surface area (Å²) < 4.78 is 27.5. The molecule has 0 aliphatic carbocycles. The number of benzene rings is 1. The number of sulfonamides is 1. The number of hydrogen-bond donors (Lipinski definition) is 2. The van der Waals surface area contributed by atoms with E-state index in [9.17, 15) is 13.2 Å². The van der Waals surface area contributed by atoms with Crippen LogP contribution in [-0.2, 0) is 34.2 Å². The molecule has 5 nitrogen and oxygen atoms in total. The van der Waals surface area contributed by atoms with Gasteiger partial charge in [0.1, 0.15) is 4.21 Å². The lowest BCUT2D eigenvalue weighted by Crippen LogP contribution is -2.22. The van der Waals surface area contributed by atoms with Crippen molar-refractivity contribution in [1.82, 2.24) is 4.72 Å². The largest absolute Gasteiger partial charge is 0.326 e.